The molecular weight excluding hydrogens is 428 g/mol. The van der Waals surface area contributed by atoms with Gasteiger partial charge in [-0.1, -0.05) is 6.07 Å². The lowest BCUT2D eigenvalue weighted by molar-refractivity contribution is 0.136. The number of aliphatic hydroxyl groups is 1. The number of carbonyl (C=O) groups is 1. The summed E-state index contributed by atoms with van der Waals surface area (Å²) >= 11 is 1.19. The van der Waals surface area contributed by atoms with Crippen LogP contribution in [0, 0.1) is 5.92 Å². The van der Waals surface area contributed by atoms with E-state index in [1.807, 2.05) is 4.68 Å². The highest BCUT2D eigenvalue weighted by Crippen LogP contribution is 2.42. The van der Waals surface area contributed by atoms with Gasteiger partial charge in [0.05, 0.1) is 25.5 Å². The Kier molecular flexibility index (Phi) is 6.94. The maximum absolute atomic E-state index is 11.1. The Morgan fingerprint density at radius 1 is 1.38 bits per heavy atom. The van der Waals surface area contributed by atoms with Gasteiger partial charge in [-0.05, 0) is 80.4 Å². The molecule has 3 aliphatic rings. The Hall–Kier alpha value is -2.27. The average molecular weight is 461 g/mol. The van der Waals surface area contributed by atoms with Gasteiger partial charge in [0, 0.05) is 18.2 Å². The summed E-state index contributed by atoms with van der Waals surface area (Å²) in [6.07, 6.45) is 6.08. The van der Waals surface area contributed by atoms with Gasteiger partial charge in [-0.15, -0.1) is 0 Å². The van der Waals surface area contributed by atoms with Crippen LogP contribution in [0.5, 0.6) is 5.88 Å². The number of nitrogens with two attached hydrogens (primary N) is 2. The lowest BCUT2D eigenvalue weighted by Gasteiger charge is -2.26. The summed E-state index contributed by atoms with van der Waals surface area (Å²) in [6, 6.07) is 1.59. The number of amides is 2. The van der Waals surface area contributed by atoms with Gasteiger partial charge in [0.15, 0.2) is 0 Å². The number of hydrogen-bond donors (Lipinski definition) is 4. The van der Waals surface area contributed by atoms with Crippen LogP contribution in [0.25, 0.3) is 0 Å². The van der Waals surface area contributed by atoms with Crippen molar-refractivity contribution in [2.45, 2.75) is 49.6 Å². The van der Waals surface area contributed by atoms with E-state index in [9.17, 15) is 9.90 Å². The first-order valence-electron chi connectivity index (χ1n) is 11.0. The van der Waals surface area contributed by atoms with Gasteiger partial charge in [0.2, 0.25) is 5.88 Å². The number of benzene rings is 1. The van der Waals surface area contributed by atoms with Crippen LogP contribution in [0.3, 0.4) is 0 Å². The third-order valence-corrected chi connectivity index (χ3v) is 6.75. The quantitative estimate of drug-likeness (QED) is 0.514. The predicted molar refractivity (Wildman–Crippen MR) is 125 cm³/mol. The second kappa shape index (κ2) is 9.70. The fraction of sp³-hybridized carbons (Fsp3) is 0.545. The smallest absolute Gasteiger partial charge is 0.316 e. The first kappa shape index (κ1) is 22.9. The lowest BCUT2D eigenvalue weighted by Crippen LogP contribution is -2.33. The average Bonchev–Trinajstić information content (AvgIpc) is 3.46. The molecular formula is C22H32N6O3S. The van der Waals surface area contributed by atoms with Crippen molar-refractivity contribution < 1.29 is 14.6 Å². The number of carbonyl (C=O) groups excluding carboxylic acids is 1. The third kappa shape index (κ3) is 4.73. The molecule has 10 heteroatoms. The Morgan fingerprint density at radius 2 is 2.19 bits per heavy atom. The number of primary amides is 1. The number of nitrogens with one attached hydrogen (secondary N) is 1. The summed E-state index contributed by atoms with van der Waals surface area (Å²) in [5.41, 5.74) is 10.6. The standard InChI is InChI=1S/C13H16N2O2.C9H16N4OS/c14-13(17)15-12-8-3-1-2-7(8)6-10-9(12)4-5-11(10)16;1-12(2)4-7-5-13-9(14-6-7)8(15-10)3-11-13/h6,11,16H,1-5H2,(H3,14,15,17);3,7H,4-6,10H2,1-2H3. The Morgan fingerprint density at radius 3 is 2.91 bits per heavy atom. The zero-order chi connectivity index (χ0) is 22.8. The molecule has 0 saturated heterocycles. The van der Waals surface area contributed by atoms with Gasteiger partial charge in [-0.2, -0.15) is 5.10 Å². The molecule has 1 aromatic carbocycles. The highest BCUT2D eigenvalue weighted by molar-refractivity contribution is 7.97. The van der Waals surface area contributed by atoms with Crippen LogP contribution in [0.2, 0.25) is 0 Å². The normalized spacial score (nSPS) is 20.7. The van der Waals surface area contributed by atoms with E-state index in [0.717, 1.165) is 79.4 Å². The molecule has 6 N–H and O–H groups in total. The Labute approximate surface area is 192 Å². The molecule has 0 saturated carbocycles. The summed E-state index contributed by atoms with van der Waals surface area (Å²) < 4.78 is 7.57. The summed E-state index contributed by atoms with van der Waals surface area (Å²) in [7, 11) is 4.14. The van der Waals surface area contributed by atoms with E-state index in [-0.39, 0.29) is 6.10 Å². The minimum atomic E-state index is -0.520. The van der Waals surface area contributed by atoms with Gasteiger partial charge < -0.3 is 25.8 Å². The molecule has 2 heterocycles. The van der Waals surface area contributed by atoms with Crippen molar-refractivity contribution in [2.24, 2.45) is 16.8 Å². The largest absolute Gasteiger partial charge is 0.477 e. The number of urea groups is 1. The molecule has 2 aliphatic carbocycles. The molecule has 2 amide bonds. The number of aryl methyl sites for hydroxylation is 1. The molecule has 9 nitrogen and oxygen atoms in total. The maximum atomic E-state index is 11.1. The molecule has 32 heavy (non-hydrogen) atoms. The summed E-state index contributed by atoms with van der Waals surface area (Å²) in [5, 5.41) is 22.4. The topological polar surface area (TPSA) is 132 Å². The van der Waals surface area contributed by atoms with Crippen LogP contribution in [0.15, 0.2) is 17.2 Å². The van der Waals surface area contributed by atoms with Crippen molar-refractivity contribution in [3.05, 3.63) is 34.5 Å². The van der Waals surface area contributed by atoms with Crippen molar-refractivity contribution in [1.29, 1.82) is 0 Å². The number of rotatable bonds is 4. The highest BCUT2D eigenvalue weighted by Gasteiger charge is 2.29. The van der Waals surface area contributed by atoms with Crippen LogP contribution in [-0.2, 0) is 25.8 Å². The van der Waals surface area contributed by atoms with E-state index >= 15 is 0 Å². The minimum absolute atomic E-state index is 0.385. The number of fused-ring (bicyclic) bond motifs is 3. The van der Waals surface area contributed by atoms with E-state index < -0.39 is 6.03 Å². The number of nitrogens with zero attached hydrogens (tertiary/aromatic N) is 3. The molecule has 174 valence electrons. The molecule has 0 radical (unpaired) electrons. The van der Waals surface area contributed by atoms with Crippen LogP contribution in [0.1, 0.15) is 41.2 Å². The van der Waals surface area contributed by atoms with Crippen molar-refractivity contribution in [3.8, 4) is 5.88 Å². The number of aromatic nitrogens is 2. The molecule has 0 spiro atoms. The van der Waals surface area contributed by atoms with Crippen molar-refractivity contribution in [2.75, 3.05) is 32.6 Å². The zero-order valence-corrected chi connectivity index (χ0v) is 19.5. The van der Waals surface area contributed by atoms with Crippen molar-refractivity contribution >= 4 is 23.7 Å². The number of ether oxygens (including phenoxy) is 1. The molecule has 2 unspecified atom stereocenters. The van der Waals surface area contributed by atoms with E-state index in [1.165, 1.54) is 23.1 Å². The predicted octanol–water partition coefficient (Wildman–Crippen LogP) is 2.06. The van der Waals surface area contributed by atoms with Gasteiger partial charge >= 0.3 is 6.03 Å². The zero-order valence-electron chi connectivity index (χ0n) is 18.6. The first-order valence-corrected chi connectivity index (χ1v) is 11.9. The van der Waals surface area contributed by atoms with Crippen LogP contribution in [0.4, 0.5) is 10.5 Å². The molecule has 2 atom stereocenters. The summed E-state index contributed by atoms with van der Waals surface area (Å²) in [6.45, 7) is 2.68. The summed E-state index contributed by atoms with van der Waals surface area (Å²) in [5.74, 6) is 1.32. The monoisotopic (exact) mass is 460 g/mol. The van der Waals surface area contributed by atoms with E-state index in [2.05, 4.69) is 35.5 Å². The van der Waals surface area contributed by atoms with E-state index in [1.54, 1.807) is 6.20 Å². The van der Waals surface area contributed by atoms with Gasteiger partial charge in [-0.3, -0.25) is 5.14 Å². The Bertz CT molecular complexity index is 993. The van der Waals surface area contributed by atoms with Gasteiger partial charge in [-0.25, -0.2) is 9.48 Å². The second-order valence-corrected chi connectivity index (χ2v) is 9.58. The highest BCUT2D eigenvalue weighted by atomic mass is 32.2. The third-order valence-electron chi connectivity index (χ3n) is 6.21. The molecule has 0 fully saturated rings. The van der Waals surface area contributed by atoms with Crippen LogP contribution in [-0.4, -0.2) is 53.1 Å². The van der Waals surface area contributed by atoms with Crippen molar-refractivity contribution in [1.82, 2.24) is 14.7 Å². The number of hydrogen-bond acceptors (Lipinski definition) is 7. The van der Waals surface area contributed by atoms with Crippen LogP contribution < -0.4 is 20.9 Å². The number of aliphatic hydroxyl groups excluding tert-OH is 1. The van der Waals surface area contributed by atoms with Crippen molar-refractivity contribution in [3.63, 3.8) is 0 Å². The first-order chi connectivity index (χ1) is 15.4. The SMILES string of the molecule is CN(C)CC1COc2c(SN)cnn2C1.NC(=O)Nc1c2c(cc3c1CCC3O)CCC2. The molecule has 1 aliphatic heterocycles. The van der Waals surface area contributed by atoms with Crippen LogP contribution >= 0.6 is 11.9 Å². The maximum Gasteiger partial charge on any atom is 0.316 e. The van der Waals surface area contributed by atoms with E-state index in [4.69, 9.17) is 15.6 Å². The number of anilines is 1. The lowest BCUT2D eigenvalue weighted by atomic mass is 9.98. The van der Waals surface area contributed by atoms with Gasteiger partial charge in [0.25, 0.3) is 0 Å². The molecule has 1 aromatic heterocycles. The second-order valence-electron chi connectivity index (χ2n) is 8.91. The molecule has 5 rings (SSSR count). The minimum Gasteiger partial charge on any atom is -0.477 e. The Balaban J connectivity index is 0.000000155. The fourth-order valence-electron chi connectivity index (χ4n) is 4.92. The fourth-order valence-corrected chi connectivity index (χ4v) is 5.30. The van der Waals surface area contributed by atoms with E-state index in [0.29, 0.717) is 5.92 Å². The van der Waals surface area contributed by atoms with Gasteiger partial charge in [0.1, 0.15) is 4.90 Å². The molecule has 0 bridgehead atoms. The summed E-state index contributed by atoms with van der Waals surface area (Å²) in [4.78, 5) is 14.2. The molecule has 2 aromatic rings.